The van der Waals surface area contributed by atoms with Crippen LogP contribution in [0.4, 0.5) is 0 Å². The van der Waals surface area contributed by atoms with Crippen molar-refractivity contribution in [2.24, 2.45) is 0 Å². The number of ether oxygens (including phenoxy) is 1. The third-order valence-corrected chi connectivity index (χ3v) is 4.96. The largest absolute Gasteiger partial charge is 0.497 e. The number of hydrogen-bond acceptors (Lipinski definition) is 5. The summed E-state index contributed by atoms with van der Waals surface area (Å²) in [5.74, 6) is 0.800. The van der Waals surface area contributed by atoms with E-state index in [1.165, 1.54) is 11.3 Å². The Hall–Kier alpha value is -2.99. The van der Waals surface area contributed by atoms with Crippen LogP contribution in [0, 0.1) is 0 Å². The molecule has 3 aromatic heterocycles. The van der Waals surface area contributed by atoms with Gasteiger partial charge in [0.1, 0.15) is 10.4 Å². The van der Waals surface area contributed by atoms with Crippen molar-refractivity contribution in [2.75, 3.05) is 7.11 Å². The molecular weight excluding hydrogens is 334 g/mol. The second-order valence-corrected chi connectivity index (χ2v) is 6.43. The number of hydrogen-bond donors (Lipinski definition) is 0. The SMILES string of the molecule is COc1ccc(-c2csc3c(=O)n(Cc4ccccn4)cnc23)cc1. The molecule has 6 heteroatoms. The van der Waals surface area contributed by atoms with E-state index in [2.05, 4.69) is 9.97 Å². The molecule has 0 amide bonds. The van der Waals surface area contributed by atoms with E-state index in [4.69, 9.17) is 4.74 Å². The van der Waals surface area contributed by atoms with Gasteiger partial charge < -0.3 is 4.74 Å². The highest BCUT2D eigenvalue weighted by atomic mass is 32.1. The van der Waals surface area contributed by atoms with E-state index in [1.54, 1.807) is 24.2 Å². The average Bonchev–Trinajstić information content (AvgIpc) is 3.10. The van der Waals surface area contributed by atoms with Crippen LogP contribution < -0.4 is 10.3 Å². The van der Waals surface area contributed by atoms with Crippen molar-refractivity contribution < 1.29 is 4.74 Å². The topological polar surface area (TPSA) is 57.0 Å². The molecule has 0 fully saturated rings. The summed E-state index contributed by atoms with van der Waals surface area (Å²) >= 11 is 1.42. The summed E-state index contributed by atoms with van der Waals surface area (Å²) in [6.07, 6.45) is 3.32. The van der Waals surface area contributed by atoms with E-state index in [0.29, 0.717) is 11.2 Å². The molecule has 124 valence electrons. The molecule has 0 aliphatic heterocycles. The molecule has 0 radical (unpaired) electrons. The molecule has 0 spiro atoms. The van der Waals surface area contributed by atoms with Gasteiger partial charge >= 0.3 is 0 Å². The number of aromatic nitrogens is 3. The van der Waals surface area contributed by atoms with Crippen LogP contribution in [-0.2, 0) is 6.54 Å². The fourth-order valence-corrected chi connectivity index (χ4v) is 3.67. The Morgan fingerprint density at radius 3 is 2.68 bits per heavy atom. The van der Waals surface area contributed by atoms with Crippen molar-refractivity contribution in [3.05, 3.63) is 76.4 Å². The van der Waals surface area contributed by atoms with Crippen LogP contribution in [0.1, 0.15) is 5.69 Å². The molecular formula is C19H15N3O2S. The van der Waals surface area contributed by atoms with E-state index in [-0.39, 0.29) is 5.56 Å². The maximum atomic E-state index is 12.8. The van der Waals surface area contributed by atoms with Gasteiger partial charge in [0.2, 0.25) is 0 Å². The van der Waals surface area contributed by atoms with E-state index in [9.17, 15) is 4.79 Å². The maximum Gasteiger partial charge on any atom is 0.271 e. The monoisotopic (exact) mass is 349 g/mol. The number of nitrogens with zero attached hydrogens (tertiary/aromatic N) is 3. The Labute approximate surface area is 148 Å². The summed E-state index contributed by atoms with van der Waals surface area (Å²) in [6.45, 7) is 0.415. The van der Waals surface area contributed by atoms with Gasteiger partial charge in [0, 0.05) is 17.1 Å². The number of benzene rings is 1. The second-order valence-electron chi connectivity index (χ2n) is 5.55. The summed E-state index contributed by atoms with van der Waals surface area (Å²) in [6, 6.07) is 13.4. The molecule has 0 saturated heterocycles. The highest BCUT2D eigenvalue weighted by molar-refractivity contribution is 7.17. The van der Waals surface area contributed by atoms with Gasteiger partial charge in [-0.25, -0.2) is 4.98 Å². The lowest BCUT2D eigenvalue weighted by molar-refractivity contribution is 0.415. The van der Waals surface area contributed by atoms with Crippen LogP contribution in [-0.4, -0.2) is 21.6 Å². The molecule has 4 aromatic rings. The molecule has 3 heterocycles. The third-order valence-electron chi connectivity index (χ3n) is 4.01. The van der Waals surface area contributed by atoms with Gasteiger partial charge in [-0.1, -0.05) is 18.2 Å². The smallest absolute Gasteiger partial charge is 0.271 e. The molecule has 0 unspecified atom stereocenters. The maximum absolute atomic E-state index is 12.8. The first kappa shape index (κ1) is 15.5. The molecule has 0 bridgehead atoms. The highest BCUT2D eigenvalue weighted by Gasteiger charge is 2.13. The lowest BCUT2D eigenvalue weighted by Gasteiger charge is -2.05. The summed E-state index contributed by atoms with van der Waals surface area (Å²) in [4.78, 5) is 21.6. The molecule has 5 nitrogen and oxygen atoms in total. The molecule has 25 heavy (non-hydrogen) atoms. The molecule has 0 aliphatic rings. The fraction of sp³-hybridized carbons (Fsp3) is 0.105. The lowest BCUT2D eigenvalue weighted by Crippen LogP contribution is -2.20. The minimum atomic E-state index is -0.0413. The Balaban J connectivity index is 1.75. The van der Waals surface area contributed by atoms with Crippen molar-refractivity contribution in [3.63, 3.8) is 0 Å². The van der Waals surface area contributed by atoms with Crippen LogP contribution in [0.25, 0.3) is 21.3 Å². The second kappa shape index (κ2) is 6.49. The summed E-state index contributed by atoms with van der Waals surface area (Å²) in [5, 5.41) is 1.98. The zero-order valence-corrected chi connectivity index (χ0v) is 14.4. The number of methoxy groups -OCH3 is 1. The van der Waals surface area contributed by atoms with Crippen LogP contribution in [0.2, 0.25) is 0 Å². The molecule has 0 aliphatic carbocycles. The Bertz CT molecular complexity index is 1070. The molecule has 0 N–H and O–H groups in total. The van der Waals surface area contributed by atoms with Crippen molar-refractivity contribution >= 4 is 21.6 Å². The van der Waals surface area contributed by atoms with E-state index in [1.807, 2.05) is 47.8 Å². The van der Waals surface area contributed by atoms with Crippen molar-refractivity contribution in [1.82, 2.24) is 14.5 Å². The Kier molecular flexibility index (Phi) is 4.03. The van der Waals surface area contributed by atoms with Gasteiger partial charge in [-0.15, -0.1) is 11.3 Å². The lowest BCUT2D eigenvalue weighted by atomic mass is 10.1. The van der Waals surface area contributed by atoms with E-state index in [0.717, 1.165) is 28.1 Å². The normalized spacial score (nSPS) is 10.9. The predicted molar refractivity (Wildman–Crippen MR) is 99.2 cm³/mol. The van der Waals surface area contributed by atoms with Gasteiger partial charge in [0.25, 0.3) is 5.56 Å². The van der Waals surface area contributed by atoms with Gasteiger partial charge in [0.05, 0.1) is 31.2 Å². The average molecular weight is 349 g/mol. The first-order valence-electron chi connectivity index (χ1n) is 7.77. The molecule has 0 saturated carbocycles. The van der Waals surface area contributed by atoms with Crippen LogP contribution in [0.3, 0.4) is 0 Å². The van der Waals surface area contributed by atoms with Crippen molar-refractivity contribution in [2.45, 2.75) is 6.54 Å². The van der Waals surface area contributed by atoms with Gasteiger partial charge in [-0.2, -0.15) is 0 Å². The summed E-state index contributed by atoms with van der Waals surface area (Å²) < 4.78 is 7.45. The predicted octanol–water partition coefficient (Wildman–Crippen LogP) is 3.58. The van der Waals surface area contributed by atoms with Crippen LogP contribution in [0.5, 0.6) is 5.75 Å². The standard InChI is InChI=1S/C19H15N3O2S/c1-24-15-7-5-13(6-8-15)16-11-25-18-17(16)21-12-22(19(18)23)10-14-4-2-3-9-20-14/h2-9,11-12H,10H2,1H3. The molecule has 4 rings (SSSR count). The number of rotatable bonds is 4. The highest BCUT2D eigenvalue weighted by Crippen LogP contribution is 2.31. The number of fused-ring (bicyclic) bond motifs is 1. The van der Waals surface area contributed by atoms with Gasteiger partial charge in [-0.3, -0.25) is 14.3 Å². The fourth-order valence-electron chi connectivity index (χ4n) is 2.70. The van der Waals surface area contributed by atoms with Crippen LogP contribution in [0.15, 0.2) is 65.2 Å². The minimum absolute atomic E-state index is 0.0413. The minimum Gasteiger partial charge on any atom is -0.497 e. The van der Waals surface area contributed by atoms with Gasteiger partial charge in [0.15, 0.2) is 0 Å². The number of pyridine rings is 1. The molecule has 1 aromatic carbocycles. The van der Waals surface area contributed by atoms with E-state index < -0.39 is 0 Å². The van der Waals surface area contributed by atoms with Gasteiger partial charge in [-0.05, 0) is 29.8 Å². The van der Waals surface area contributed by atoms with Crippen molar-refractivity contribution in [3.8, 4) is 16.9 Å². The Morgan fingerprint density at radius 2 is 1.96 bits per heavy atom. The zero-order chi connectivity index (χ0) is 17.2. The summed E-state index contributed by atoms with van der Waals surface area (Å²) in [7, 11) is 1.64. The zero-order valence-electron chi connectivity index (χ0n) is 13.5. The summed E-state index contributed by atoms with van der Waals surface area (Å²) in [5.41, 5.74) is 3.50. The van der Waals surface area contributed by atoms with Crippen molar-refractivity contribution in [1.29, 1.82) is 0 Å². The number of thiophene rings is 1. The third kappa shape index (κ3) is 2.92. The van der Waals surface area contributed by atoms with E-state index >= 15 is 0 Å². The Morgan fingerprint density at radius 1 is 1.12 bits per heavy atom. The molecule has 0 atom stereocenters. The quantitative estimate of drug-likeness (QED) is 0.565. The first-order valence-corrected chi connectivity index (χ1v) is 8.65. The first-order chi connectivity index (χ1) is 12.3. The van der Waals surface area contributed by atoms with Crippen LogP contribution >= 0.6 is 11.3 Å².